The Morgan fingerprint density at radius 2 is 1.83 bits per heavy atom. The third-order valence-electron chi connectivity index (χ3n) is 4.25. The second kappa shape index (κ2) is 7.81. The van der Waals surface area contributed by atoms with Crippen molar-refractivity contribution in [2.24, 2.45) is 0 Å². The number of aromatic nitrogens is 1. The molecule has 0 atom stereocenters. The number of nitrogens with zero attached hydrogens (tertiary/aromatic N) is 2. The number of methoxy groups -OCH3 is 1. The van der Waals surface area contributed by atoms with E-state index in [1.165, 1.54) is 12.8 Å². The third-order valence-corrected chi connectivity index (χ3v) is 4.25. The van der Waals surface area contributed by atoms with Crippen molar-refractivity contribution in [3.8, 4) is 5.75 Å². The van der Waals surface area contributed by atoms with Crippen LogP contribution in [0, 0.1) is 0 Å². The lowest BCUT2D eigenvalue weighted by Gasteiger charge is -2.16. The standard InChI is InChI=1S/C19H23N3O2/c1-24-17-7-4-15(5-8-17)12-19(23)21-14-16-6-9-18(20-13-16)22-10-2-3-11-22/h4-9,13H,2-3,10-12,14H2,1H3,(H,21,23). The van der Waals surface area contributed by atoms with Crippen LogP contribution < -0.4 is 15.0 Å². The van der Waals surface area contributed by atoms with Crippen LogP contribution in [0.3, 0.4) is 0 Å². The van der Waals surface area contributed by atoms with E-state index in [-0.39, 0.29) is 5.91 Å². The van der Waals surface area contributed by atoms with Gasteiger partial charge in [-0.3, -0.25) is 4.79 Å². The van der Waals surface area contributed by atoms with Crippen molar-refractivity contribution in [2.45, 2.75) is 25.8 Å². The number of carbonyl (C=O) groups excluding carboxylic acids is 1. The van der Waals surface area contributed by atoms with Gasteiger partial charge in [0.05, 0.1) is 13.5 Å². The van der Waals surface area contributed by atoms with Crippen molar-refractivity contribution in [1.29, 1.82) is 0 Å². The summed E-state index contributed by atoms with van der Waals surface area (Å²) in [6.45, 7) is 2.68. The molecule has 0 saturated carbocycles. The minimum Gasteiger partial charge on any atom is -0.497 e. The van der Waals surface area contributed by atoms with E-state index < -0.39 is 0 Å². The molecule has 24 heavy (non-hydrogen) atoms. The predicted molar refractivity (Wildman–Crippen MR) is 94.2 cm³/mol. The number of hydrogen-bond donors (Lipinski definition) is 1. The highest BCUT2D eigenvalue weighted by atomic mass is 16.5. The Kier molecular flexibility index (Phi) is 5.31. The maximum atomic E-state index is 12.0. The number of rotatable bonds is 6. The largest absolute Gasteiger partial charge is 0.497 e. The Labute approximate surface area is 142 Å². The van der Waals surface area contributed by atoms with E-state index in [2.05, 4.69) is 15.2 Å². The van der Waals surface area contributed by atoms with Crippen molar-refractivity contribution in [1.82, 2.24) is 10.3 Å². The molecule has 0 radical (unpaired) electrons. The number of pyridine rings is 1. The van der Waals surface area contributed by atoms with Gasteiger partial charge in [-0.05, 0) is 42.2 Å². The molecule has 1 aliphatic heterocycles. The van der Waals surface area contributed by atoms with E-state index in [0.29, 0.717) is 13.0 Å². The highest BCUT2D eigenvalue weighted by Crippen LogP contribution is 2.17. The topological polar surface area (TPSA) is 54.5 Å². The van der Waals surface area contributed by atoms with Crippen LogP contribution in [-0.4, -0.2) is 31.1 Å². The molecule has 1 aromatic heterocycles. The molecular formula is C19H23N3O2. The highest BCUT2D eigenvalue weighted by Gasteiger charge is 2.13. The first-order valence-electron chi connectivity index (χ1n) is 8.34. The van der Waals surface area contributed by atoms with Gasteiger partial charge in [0, 0.05) is 25.8 Å². The maximum Gasteiger partial charge on any atom is 0.224 e. The number of amides is 1. The van der Waals surface area contributed by atoms with Crippen LogP contribution in [0.15, 0.2) is 42.6 Å². The fourth-order valence-corrected chi connectivity index (χ4v) is 2.85. The SMILES string of the molecule is COc1ccc(CC(=O)NCc2ccc(N3CCCC3)nc2)cc1. The van der Waals surface area contributed by atoms with E-state index in [4.69, 9.17) is 4.74 Å². The van der Waals surface area contributed by atoms with Crippen molar-refractivity contribution >= 4 is 11.7 Å². The summed E-state index contributed by atoms with van der Waals surface area (Å²) in [5, 5.41) is 2.94. The van der Waals surface area contributed by atoms with Crippen molar-refractivity contribution < 1.29 is 9.53 Å². The zero-order valence-corrected chi connectivity index (χ0v) is 14.0. The van der Waals surface area contributed by atoms with Crippen LogP contribution in [-0.2, 0) is 17.8 Å². The van der Waals surface area contributed by atoms with E-state index in [1.54, 1.807) is 7.11 Å². The van der Waals surface area contributed by atoms with Crippen LogP contribution >= 0.6 is 0 Å². The van der Waals surface area contributed by atoms with Gasteiger partial charge in [-0.2, -0.15) is 0 Å². The molecule has 0 bridgehead atoms. The van der Waals surface area contributed by atoms with Gasteiger partial charge in [-0.15, -0.1) is 0 Å². The van der Waals surface area contributed by atoms with Gasteiger partial charge in [0.15, 0.2) is 0 Å². The molecule has 1 N–H and O–H groups in total. The van der Waals surface area contributed by atoms with E-state index >= 15 is 0 Å². The molecule has 0 unspecified atom stereocenters. The second-order valence-corrected chi connectivity index (χ2v) is 6.02. The van der Waals surface area contributed by atoms with Crippen LogP contribution in [0.5, 0.6) is 5.75 Å². The Morgan fingerprint density at radius 1 is 1.12 bits per heavy atom. The minimum absolute atomic E-state index is 0.00351. The van der Waals surface area contributed by atoms with Crippen LogP contribution in [0.25, 0.3) is 0 Å². The van der Waals surface area contributed by atoms with Crippen LogP contribution in [0.1, 0.15) is 24.0 Å². The van der Waals surface area contributed by atoms with Crippen molar-refractivity contribution in [3.05, 3.63) is 53.7 Å². The maximum absolute atomic E-state index is 12.0. The molecule has 1 saturated heterocycles. The summed E-state index contributed by atoms with van der Waals surface area (Å²) in [6.07, 6.45) is 4.69. The Balaban J connectivity index is 1.48. The molecule has 1 aromatic carbocycles. The average molecular weight is 325 g/mol. The fraction of sp³-hybridized carbons (Fsp3) is 0.368. The molecule has 2 aromatic rings. The number of anilines is 1. The summed E-state index contributed by atoms with van der Waals surface area (Å²) >= 11 is 0. The molecule has 1 fully saturated rings. The number of benzene rings is 1. The zero-order valence-electron chi connectivity index (χ0n) is 14.0. The predicted octanol–water partition coefficient (Wildman–Crippen LogP) is 2.55. The average Bonchev–Trinajstić information content (AvgIpc) is 3.16. The summed E-state index contributed by atoms with van der Waals surface area (Å²) in [5.41, 5.74) is 1.98. The first kappa shape index (κ1) is 16.3. The first-order chi connectivity index (χ1) is 11.7. The molecule has 0 aliphatic carbocycles. The summed E-state index contributed by atoms with van der Waals surface area (Å²) in [5.74, 6) is 1.83. The number of hydrogen-bond acceptors (Lipinski definition) is 4. The summed E-state index contributed by atoms with van der Waals surface area (Å²) in [6, 6.07) is 11.6. The molecule has 1 aliphatic rings. The van der Waals surface area contributed by atoms with E-state index in [1.807, 2.05) is 42.6 Å². The normalized spacial score (nSPS) is 13.8. The summed E-state index contributed by atoms with van der Waals surface area (Å²) < 4.78 is 5.12. The lowest BCUT2D eigenvalue weighted by atomic mass is 10.1. The minimum atomic E-state index is 0.00351. The molecule has 3 rings (SSSR count). The van der Waals surface area contributed by atoms with Gasteiger partial charge in [-0.25, -0.2) is 4.98 Å². The van der Waals surface area contributed by atoms with Gasteiger partial charge in [0.1, 0.15) is 11.6 Å². The van der Waals surface area contributed by atoms with Gasteiger partial charge < -0.3 is 15.0 Å². The molecule has 2 heterocycles. The van der Waals surface area contributed by atoms with E-state index in [0.717, 1.165) is 35.8 Å². The zero-order chi connectivity index (χ0) is 16.8. The van der Waals surface area contributed by atoms with Gasteiger partial charge in [0.25, 0.3) is 0 Å². The van der Waals surface area contributed by atoms with Gasteiger partial charge in [0.2, 0.25) is 5.91 Å². The number of carbonyl (C=O) groups is 1. The smallest absolute Gasteiger partial charge is 0.224 e. The summed E-state index contributed by atoms with van der Waals surface area (Å²) in [7, 11) is 1.63. The number of ether oxygens (including phenoxy) is 1. The molecule has 5 nitrogen and oxygen atoms in total. The molecule has 5 heteroatoms. The number of nitrogens with one attached hydrogen (secondary N) is 1. The second-order valence-electron chi connectivity index (χ2n) is 6.02. The quantitative estimate of drug-likeness (QED) is 0.887. The monoisotopic (exact) mass is 325 g/mol. The lowest BCUT2D eigenvalue weighted by Crippen LogP contribution is -2.24. The van der Waals surface area contributed by atoms with Gasteiger partial charge in [-0.1, -0.05) is 18.2 Å². The van der Waals surface area contributed by atoms with E-state index in [9.17, 15) is 4.79 Å². The van der Waals surface area contributed by atoms with Crippen molar-refractivity contribution in [3.63, 3.8) is 0 Å². The Bertz CT molecular complexity index is 662. The molecule has 126 valence electrons. The lowest BCUT2D eigenvalue weighted by molar-refractivity contribution is -0.120. The Morgan fingerprint density at radius 3 is 2.46 bits per heavy atom. The van der Waals surface area contributed by atoms with Crippen LogP contribution in [0.4, 0.5) is 5.82 Å². The molecule has 0 spiro atoms. The first-order valence-corrected chi connectivity index (χ1v) is 8.34. The summed E-state index contributed by atoms with van der Waals surface area (Å²) in [4.78, 5) is 18.8. The highest BCUT2D eigenvalue weighted by molar-refractivity contribution is 5.78. The van der Waals surface area contributed by atoms with Crippen LogP contribution in [0.2, 0.25) is 0 Å². The fourth-order valence-electron chi connectivity index (χ4n) is 2.85. The Hall–Kier alpha value is -2.56. The molecular weight excluding hydrogens is 302 g/mol. The van der Waals surface area contributed by atoms with Gasteiger partial charge >= 0.3 is 0 Å². The third kappa shape index (κ3) is 4.25. The van der Waals surface area contributed by atoms with Crippen molar-refractivity contribution in [2.75, 3.05) is 25.1 Å². The molecule has 1 amide bonds.